The number of aryl methyl sites for hydroxylation is 2. The summed E-state index contributed by atoms with van der Waals surface area (Å²) in [7, 11) is 0. The number of carboxylic acids is 1. The first kappa shape index (κ1) is 23.9. The number of carbonyl (C=O) groups is 1. The highest BCUT2D eigenvalue weighted by Crippen LogP contribution is 2.30. The van der Waals surface area contributed by atoms with Gasteiger partial charge in [-0.2, -0.15) is 0 Å². The van der Waals surface area contributed by atoms with Gasteiger partial charge in [0.1, 0.15) is 5.82 Å². The summed E-state index contributed by atoms with van der Waals surface area (Å²) in [6, 6.07) is 15.2. The summed E-state index contributed by atoms with van der Waals surface area (Å²) in [6.45, 7) is 4.05. The Kier molecular flexibility index (Phi) is 7.05. The molecule has 0 spiro atoms. The lowest BCUT2D eigenvalue weighted by Crippen LogP contribution is -2.31. The second kappa shape index (κ2) is 10.3. The van der Waals surface area contributed by atoms with E-state index in [2.05, 4.69) is 26.6 Å². The second-order valence-corrected chi connectivity index (χ2v) is 8.34. The van der Waals surface area contributed by atoms with E-state index in [-0.39, 0.29) is 24.1 Å². The number of hydrogen-bond donors (Lipinski definition) is 2. The fraction of sp³-hybridized carbons (Fsp3) is 0.269. The summed E-state index contributed by atoms with van der Waals surface area (Å²) < 4.78 is 6.24. The summed E-state index contributed by atoms with van der Waals surface area (Å²) in [6.07, 6.45) is 2.12. The Morgan fingerprint density at radius 1 is 1.09 bits per heavy atom. The van der Waals surface area contributed by atoms with Crippen LogP contribution in [-0.2, 0) is 24.2 Å². The highest BCUT2D eigenvalue weighted by Gasteiger charge is 2.17. The summed E-state index contributed by atoms with van der Waals surface area (Å²) in [5.41, 5.74) is 3.75. The normalized spacial score (nSPS) is 11.0. The average molecular weight is 475 g/mol. The summed E-state index contributed by atoms with van der Waals surface area (Å²) >= 11 is 0. The third-order valence-corrected chi connectivity index (χ3v) is 5.86. The number of nitrogens with one attached hydrogen (secondary N) is 1. The molecule has 2 heterocycles. The number of nitrogens with zero attached hydrogens (tertiary/aromatic N) is 3. The number of carboxylic acid groups (broad SMARTS) is 1. The molecule has 0 amide bonds. The lowest BCUT2D eigenvalue weighted by atomic mass is 9.98. The predicted octanol–water partition coefficient (Wildman–Crippen LogP) is 3.58. The van der Waals surface area contributed by atoms with Gasteiger partial charge in [0.15, 0.2) is 5.82 Å². The summed E-state index contributed by atoms with van der Waals surface area (Å²) in [4.78, 5) is 43.1. The molecule has 9 nitrogen and oxygen atoms in total. The lowest BCUT2D eigenvalue weighted by Gasteiger charge is -2.16. The number of aliphatic carboxylic acids is 1. The van der Waals surface area contributed by atoms with Gasteiger partial charge in [0.05, 0.1) is 13.0 Å². The fourth-order valence-corrected chi connectivity index (χ4v) is 4.06. The molecule has 2 aromatic carbocycles. The van der Waals surface area contributed by atoms with Crippen molar-refractivity contribution in [2.24, 2.45) is 0 Å². The van der Waals surface area contributed by atoms with Crippen molar-refractivity contribution in [3.8, 4) is 22.5 Å². The molecule has 0 saturated carbocycles. The number of hydrogen-bond acceptors (Lipinski definition) is 6. The number of aromatic nitrogens is 4. The highest BCUT2D eigenvalue weighted by molar-refractivity contribution is 5.80. The lowest BCUT2D eigenvalue weighted by molar-refractivity contribution is -0.136. The van der Waals surface area contributed by atoms with Gasteiger partial charge < -0.3 is 5.11 Å². The van der Waals surface area contributed by atoms with E-state index < -0.39 is 11.7 Å². The molecular weight excluding hydrogens is 448 g/mol. The van der Waals surface area contributed by atoms with Crippen LogP contribution in [0.15, 0.2) is 62.6 Å². The number of benzene rings is 2. The average Bonchev–Trinajstić information content (AvgIpc) is 3.29. The molecule has 2 aromatic heterocycles. The molecule has 4 aromatic rings. The van der Waals surface area contributed by atoms with Crippen LogP contribution in [0.5, 0.6) is 0 Å². The minimum atomic E-state index is -1.06. The van der Waals surface area contributed by atoms with E-state index >= 15 is 0 Å². The van der Waals surface area contributed by atoms with E-state index in [1.54, 1.807) is 11.5 Å². The summed E-state index contributed by atoms with van der Waals surface area (Å²) in [5, 5.41) is 13.0. The topological polar surface area (TPSA) is 131 Å². The third-order valence-electron chi connectivity index (χ3n) is 5.86. The SMILES string of the molecule is CCCCc1nc(C)c(CC(=O)O)c(=O)n1Cc1ccc(-c2ccccc2-c2noc(=O)[nH]2)cc1. The van der Waals surface area contributed by atoms with Crippen molar-refractivity contribution in [1.82, 2.24) is 19.7 Å². The van der Waals surface area contributed by atoms with Crippen LogP contribution in [0.2, 0.25) is 0 Å². The van der Waals surface area contributed by atoms with Gasteiger partial charge in [0, 0.05) is 23.2 Å². The molecule has 180 valence electrons. The van der Waals surface area contributed by atoms with E-state index in [0.29, 0.717) is 23.8 Å². The first-order valence-electron chi connectivity index (χ1n) is 11.4. The van der Waals surface area contributed by atoms with Gasteiger partial charge in [-0.25, -0.2) is 9.78 Å². The quantitative estimate of drug-likeness (QED) is 0.379. The van der Waals surface area contributed by atoms with Crippen molar-refractivity contribution in [2.75, 3.05) is 0 Å². The van der Waals surface area contributed by atoms with E-state index in [9.17, 15) is 19.5 Å². The van der Waals surface area contributed by atoms with Crippen LogP contribution in [0.25, 0.3) is 22.5 Å². The molecular formula is C26H26N4O5. The molecule has 0 unspecified atom stereocenters. The van der Waals surface area contributed by atoms with Crippen molar-refractivity contribution in [3.05, 3.63) is 92.1 Å². The Bertz CT molecular complexity index is 1460. The molecule has 0 aliphatic carbocycles. The standard InChI is InChI=1S/C26H26N4O5/c1-3-4-9-22-27-16(2)21(14-23(31)32)25(33)30(22)15-17-10-12-18(13-11-17)19-7-5-6-8-20(19)24-28-26(34)35-29-24/h5-8,10-13H,3-4,9,14-15H2,1-2H3,(H,31,32)(H,28,29,34). The van der Waals surface area contributed by atoms with Gasteiger partial charge >= 0.3 is 11.7 Å². The second-order valence-electron chi connectivity index (χ2n) is 8.34. The molecule has 35 heavy (non-hydrogen) atoms. The fourth-order valence-electron chi connectivity index (χ4n) is 4.06. The monoisotopic (exact) mass is 474 g/mol. The molecule has 0 radical (unpaired) electrons. The van der Waals surface area contributed by atoms with Crippen molar-refractivity contribution in [3.63, 3.8) is 0 Å². The van der Waals surface area contributed by atoms with E-state index in [4.69, 9.17) is 0 Å². The molecule has 0 aliphatic heterocycles. The minimum absolute atomic E-state index is 0.213. The molecule has 0 saturated heterocycles. The van der Waals surface area contributed by atoms with Gasteiger partial charge in [-0.3, -0.25) is 23.7 Å². The van der Waals surface area contributed by atoms with E-state index in [1.807, 2.05) is 48.5 Å². The zero-order valence-corrected chi connectivity index (χ0v) is 19.6. The Balaban J connectivity index is 1.69. The van der Waals surface area contributed by atoms with Gasteiger partial charge in [0.25, 0.3) is 5.56 Å². The zero-order chi connectivity index (χ0) is 24.9. The van der Waals surface area contributed by atoms with Crippen molar-refractivity contribution in [1.29, 1.82) is 0 Å². The molecule has 0 bridgehead atoms. The highest BCUT2D eigenvalue weighted by atomic mass is 16.5. The molecule has 0 fully saturated rings. The van der Waals surface area contributed by atoms with E-state index in [0.717, 1.165) is 35.1 Å². The third kappa shape index (κ3) is 5.29. The molecule has 4 rings (SSSR count). The maximum Gasteiger partial charge on any atom is 0.439 e. The molecule has 0 aliphatic rings. The van der Waals surface area contributed by atoms with Crippen molar-refractivity contribution >= 4 is 5.97 Å². The Labute approximate surface area is 201 Å². The zero-order valence-electron chi connectivity index (χ0n) is 19.6. The number of H-pyrrole nitrogens is 1. The van der Waals surface area contributed by atoms with Crippen LogP contribution in [0.1, 0.15) is 42.4 Å². The number of rotatable bonds is 9. The van der Waals surface area contributed by atoms with Crippen LogP contribution in [0.4, 0.5) is 0 Å². The van der Waals surface area contributed by atoms with Crippen LogP contribution >= 0.6 is 0 Å². The largest absolute Gasteiger partial charge is 0.481 e. The summed E-state index contributed by atoms with van der Waals surface area (Å²) in [5.74, 6) is -0.675. The van der Waals surface area contributed by atoms with Crippen molar-refractivity contribution in [2.45, 2.75) is 46.1 Å². The Hall–Kier alpha value is -4.27. The maximum atomic E-state index is 13.2. The Morgan fingerprint density at radius 3 is 2.43 bits per heavy atom. The molecule has 0 atom stereocenters. The van der Waals surface area contributed by atoms with E-state index in [1.165, 1.54) is 0 Å². The maximum absolute atomic E-state index is 13.2. The van der Waals surface area contributed by atoms with Crippen molar-refractivity contribution < 1.29 is 14.4 Å². The molecule has 9 heteroatoms. The smallest absolute Gasteiger partial charge is 0.439 e. The molecule has 2 N–H and O–H groups in total. The van der Waals surface area contributed by atoms with Gasteiger partial charge in [0.2, 0.25) is 0 Å². The number of aromatic amines is 1. The van der Waals surface area contributed by atoms with Crippen LogP contribution < -0.4 is 11.3 Å². The first-order chi connectivity index (χ1) is 16.9. The van der Waals surface area contributed by atoms with Gasteiger partial charge in [-0.1, -0.05) is 67.0 Å². The predicted molar refractivity (Wildman–Crippen MR) is 130 cm³/mol. The van der Waals surface area contributed by atoms with Gasteiger partial charge in [-0.05, 0) is 30.0 Å². The van der Waals surface area contributed by atoms with Crippen LogP contribution in [0, 0.1) is 6.92 Å². The Morgan fingerprint density at radius 2 is 1.80 bits per heavy atom. The number of unbranched alkanes of at least 4 members (excludes halogenated alkanes) is 1. The minimum Gasteiger partial charge on any atom is -0.481 e. The van der Waals surface area contributed by atoms with Gasteiger partial charge in [-0.15, -0.1) is 0 Å². The van der Waals surface area contributed by atoms with Crippen LogP contribution in [-0.4, -0.2) is 30.8 Å². The first-order valence-corrected chi connectivity index (χ1v) is 11.4. The van der Waals surface area contributed by atoms with Crippen LogP contribution in [0.3, 0.4) is 0 Å².